The smallest absolute Gasteiger partial charge is 0.262 e. The Morgan fingerprint density at radius 1 is 1.26 bits per heavy atom. The summed E-state index contributed by atoms with van der Waals surface area (Å²) in [6, 6.07) is 10.4. The fraction of sp³-hybridized carbons (Fsp3) is 0.318. The minimum Gasteiger partial charge on any atom is -0.454 e. The molecule has 1 aromatic heterocycles. The number of fused-ring (bicyclic) bond motifs is 2. The zero-order chi connectivity index (χ0) is 22.0. The number of benzene rings is 2. The van der Waals surface area contributed by atoms with Gasteiger partial charge in [-0.2, -0.15) is 0 Å². The van der Waals surface area contributed by atoms with Crippen molar-refractivity contribution in [2.75, 3.05) is 12.5 Å². The Kier molecular flexibility index (Phi) is 6.38. The summed E-state index contributed by atoms with van der Waals surface area (Å²) in [7, 11) is 0. The number of aromatic nitrogens is 2. The highest BCUT2D eigenvalue weighted by Gasteiger charge is 2.18. The molecule has 1 aliphatic rings. The van der Waals surface area contributed by atoms with Crippen LogP contribution in [0.5, 0.6) is 11.5 Å². The van der Waals surface area contributed by atoms with E-state index in [1.807, 2.05) is 32.0 Å². The number of carbonyl (C=O) groups is 1. The molecule has 0 bridgehead atoms. The molecule has 0 aliphatic carbocycles. The average Bonchev–Trinajstić information content (AvgIpc) is 3.22. The molecule has 0 saturated carbocycles. The fourth-order valence-electron chi connectivity index (χ4n) is 3.38. The zero-order valence-electron chi connectivity index (χ0n) is 17.2. The molecule has 3 aromatic rings. The van der Waals surface area contributed by atoms with Crippen LogP contribution in [0.2, 0.25) is 5.02 Å². The molecule has 9 heteroatoms. The van der Waals surface area contributed by atoms with Crippen LogP contribution in [-0.4, -0.2) is 28.0 Å². The molecule has 0 fully saturated rings. The first-order valence-corrected chi connectivity index (χ1v) is 11.3. The summed E-state index contributed by atoms with van der Waals surface area (Å²) in [6.07, 6.45) is 0.779. The van der Waals surface area contributed by atoms with Crippen molar-refractivity contribution >= 4 is 40.2 Å². The van der Waals surface area contributed by atoms with Crippen LogP contribution in [0.3, 0.4) is 0 Å². The number of halogens is 1. The number of carbonyl (C=O) groups excluding carboxylic acids is 1. The highest BCUT2D eigenvalue weighted by atomic mass is 35.5. The van der Waals surface area contributed by atoms with Gasteiger partial charge in [0.2, 0.25) is 12.7 Å². The van der Waals surface area contributed by atoms with E-state index >= 15 is 0 Å². The highest BCUT2D eigenvalue weighted by Crippen LogP contribution is 2.34. The van der Waals surface area contributed by atoms with Crippen molar-refractivity contribution in [2.24, 2.45) is 0 Å². The molecule has 1 aliphatic heterocycles. The van der Waals surface area contributed by atoms with Gasteiger partial charge in [0.25, 0.3) is 5.56 Å². The van der Waals surface area contributed by atoms with Crippen molar-refractivity contribution in [1.82, 2.24) is 14.9 Å². The summed E-state index contributed by atoms with van der Waals surface area (Å²) in [6.45, 7) is 4.64. The second-order valence-electron chi connectivity index (χ2n) is 7.20. The molecule has 0 saturated heterocycles. The predicted octanol–water partition coefficient (Wildman–Crippen LogP) is 4.16. The fourth-order valence-corrected chi connectivity index (χ4v) is 4.39. The Labute approximate surface area is 188 Å². The van der Waals surface area contributed by atoms with Crippen LogP contribution in [-0.2, 0) is 11.3 Å². The lowest BCUT2D eigenvalue weighted by Gasteiger charge is -2.16. The molecule has 1 unspecified atom stereocenters. The largest absolute Gasteiger partial charge is 0.454 e. The lowest BCUT2D eigenvalue weighted by Crippen LogP contribution is -2.29. The zero-order valence-corrected chi connectivity index (χ0v) is 18.8. The van der Waals surface area contributed by atoms with Gasteiger partial charge in [-0.3, -0.25) is 14.2 Å². The van der Waals surface area contributed by atoms with Gasteiger partial charge >= 0.3 is 0 Å². The summed E-state index contributed by atoms with van der Waals surface area (Å²) >= 11 is 7.31. The van der Waals surface area contributed by atoms with Crippen molar-refractivity contribution in [2.45, 2.75) is 38.0 Å². The third-order valence-electron chi connectivity index (χ3n) is 4.94. The summed E-state index contributed by atoms with van der Waals surface area (Å²) in [5, 5.41) is 4.51. The topological polar surface area (TPSA) is 82.5 Å². The molecule has 0 spiro atoms. The molecule has 1 atom stereocenters. The number of thioether (sulfide) groups is 1. The Bertz CT molecular complexity index is 1200. The number of hydrogen-bond donors (Lipinski definition) is 1. The Morgan fingerprint density at radius 3 is 2.87 bits per heavy atom. The van der Waals surface area contributed by atoms with Crippen molar-refractivity contribution in [3.8, 4) is 11.5 Å². The standard InChI is InChI=1S/C22H22ClN3O4S/c1-3-8-26-21(28)16-6-5-15(23)10-17(16)25-22(26)31-11-20(27)24-13(2)14-4-7-18-19(9-14)30-12-29-18/h4-7,9-10,13H,3,8,11-12H2,1-2H3,(H,24,27). The quantitative estimate of drug-likeness (QED) is 0.422. The van der Waals surface area contributed by atoms with E-state index in [9.17, 15) is 9.59 Å². The first-order chi connectivity index (χ1) is 15.0. The Hall–Kier alpha value is -2.71. The van der Waals surface area contributed by atoms with Gasteiger partial charge in [-0.05, 0) is 49.2 Å². The van der Waals surface area contributed by atoms with Gasteiger partial charge in [0.15, 0.2) is 16.7 Å². The van der Waals surface area contributed by atoms with Crippen molar-refractivity contribution in [3.63, 3.8) is 0 Å². The summed E-state index contributed by atoms with van der Waals surface area (Å²) in [4.78, 5) is 30.1. The average molecular weight is 460 g/mol. The van der Waals surface area contributed by atoms with E-state index in [0.29, 0.717) is 39.1 Å². The third kappa shape index (κ3) is 4.65. The summed E-state index contributed by atoms with van der Waals surface area (Å²) in [5.41, 5.74) is 1.32. The van der Waals surface area contributed by atoms with Gasteiger partial charge in [-0.15, -0.1) is 0 Å². The highest BCUT2D eigenvalue weighted by molar-refractivity contribution is 7.99. The number of hydrogen-bond acceptors (Lipinski definition) is 6. The number of ether oxygens (including phenoxy) is 2. The van der Waals surface area contributed by atoms with Crippen molar-refractivity contribution in [3.05, 3.63) is 57.3 Å². The second kappa shape index (κ2) is 9.20. The van der Waals surface area contributed by atoms with E-state index in [0.717, 1.165) is 12.0 Å². The predicted molar refractivity (Wildman–Crippen MR) is 121 cm³/mol. The molecule has 1 amide bonds. The first-order valence-electron chi connectivity index (χ1n) is 9.98. The number of amides is 1. The van der Waals surface area contributed by atoms with Gasteiger partial charge in [0, 0.05) is 11.6 Å². The van der Waals surface area contributed by atoms with E-state index in [1.165, 1.54) is 11.8 Å². The van der Waals surface area contributed by atoms with Gasteiger partial charge in [0.05, 0.1) is 22.7 Å². The maximum Gasteiger partial charge on any atom is 0.262 e. The molecule has 31 heavy (non-hydrogen) atoms. The number of nitrogens with one attached hydrogen (secondary N) is 1. The molecular formula is C22H22ClN3O4S. The van der Waals surface area contributed by atoms with Crippen molar-refractivity contribution in [1.29, 1.82) is 0 Å². The van der Waals surface area contributed by atoms with E-state index < -0.39 is 0 Å². The van der Waals surface area contributed by atoms with Gasteiger partial charge in [-0.25, -0.2) is 4.98 Å². The summed E-state index contributed by atoms with van der Waals surface area (Å²) in [5.74, 6) is 1.36. The van der Waals surface area contributed by atoms with Crippen LogP contribution >= 0.6 is 23.4 Å². The molecule has 0 radical (unpaired) electrons. The Morgan fingerprint density at radius 2 is 2.06 bits per heavy atom. The first kappa shape index (κ1) is 21.5. The van der Waals surface area contributed by atoms with Crippen molar-refractivity contribution < 1.29 is 14.3 Å². The lowest BCUT2D eigenvalue weighted by molar-refractivity contribution is -0.119. The maximum absolute atomic E-state index is 12.9. The summed E-state index contributed by atoms with van der Waals surface area (Å²) < 4.78 is 12.3. The van der Waals surface area contributed by atoms with E-state index in [2.05, 4.69) is 10.3 Å². The molecular weight excluding hydrogens is 438 g/mol. The lowest BCUT2D eigenvalue weighted by atomic mass is 10.1. The maximum atomic E-state index is 12.9. The van der Waals surface area contributed by atoms with Crippen LogP contribution < -0.4 is 20.3 Å². The molecule has 2 heterocycles. The van der Waals surface area contributed by atoms with Crippen LogP contribution in [0.1, 0.15) is 31.9 Å². The normalized spacial score (nSPS) is 13.4. The monoisotopic (exact) mass is 459 g/mol. The van der Waals surface area contributed by atoms with Crippen LogP contribution in [0.15, 0.2) is 46.3 Å². The molecule has 1 N–H and O–H groups in total. The SMILES string of the molecule is CCCn1c(SCC(=O)NC(C)c2ccc3c(c2)OCO3)nc2cc(Cl)ccc2c1=O. The van der Waals surface area contributed by atoms with Gasteiger partial charge in [0.1, 0.15) is 0 Å². The van der Waals surface area contributed by atoms with Crippen LogP contribution in [0, 0.1) is 0 Å². The minimum atomic E-state index is -0.205. The van der Waals surface area contributed by atoms with Gasteiger partial charge in [-0.1, -0.05) is 36.4 Å². The number of nitrogens with zero attached hydrogens (tertiary/aromatic N) is 2. The van der Waals surface area contributed by atoms with Crippen LogP contribution in [0.25, 0.3) is 10.9 Å². The third-order valence-corrected chi connectivity index (χ3v) is 6.15. The Balaban J connectivity index is 1.48. The van der Waals surface area contributed by atoms with Gasteiger partial charge < -0.3 is 14.8 Å². The van der Waals surface area contributed by atoms with E-state index in [1.54, 1.807) is 22.8 Å². The van der Waals surface area contributed by atoms with Crippen LogP contribution in [0.4, 0.5) is 0 Å². The molecule has 162 valence electrons. The molecule has 2 aromatic carbocycles. The van der Waals surface area contributed by atoms with E-state index in [4.69, 9.17) is 21.1 Å². The molecule has 7 nitrogen and oxygen atoms in total. The minimum absolute atomic E-state index is 0.125. The molecule has 4 rings (SSSR count). The van der Waals surface area contributed by atoms with E-state index in [-0.39, 0.29) is 30.1 Å². The number of rotatable bonds is 7. The second-order valence-corrected chi connectivity index (χ2v) is 8.58.